The molecule has 0 aromatic carbocycles. The van der Waals surface area contributed by atoms with Crippen molar-refractivity contribution in [3.63, 3.8) is 0 Å². The van der Waals surface area contributed by atoms with E-state index in [0.717, 1.165) is 12.0 Å². The molecular formula is C18H38N2. The first kappa shape index (κ1) is 18.0. The minimum absolute atomic E-state index is 0.667. The van der Waals surface area contributed by atoms with Gasteiger partial charge in [-0.25, -0.2) is 0 Å². The first-order chi connectivity index (χ1) is 9.69. The smallest absolute Gasteiger partial charge is 0.0246 e. The topological polar surface area (TPSA) is 15.3 Å². The normalized spacial score (nSPS) is 25.8. The molecule has 0 aromatic rings. The zero-order chi connectivity index (χ0) is 14.8. The van der Waals surface area contributed by atoms with Gasteiger partial charge in [0.1, 0.15) is 0 Å². The lowest BCUT2D eigenvalue weighted by Gasteiger charge is -2.42. The van der Waals surface area contributed by atoms with Crippen molar-refractivity contribution in [3.8, 4) is 0 Å². The molecule has 1 aliphatic heterocycles. The Balaban J connectivity index is 2.20. The molecule has 3 unspecified atom stereocenters. The van der Waals surface area contributed by atoms with Gasteiger partial charge in [0.2, 0.25) is 0 Å². The Labute approximate surface area is 127 Å². The van der Waals surface area contributed by atoms with Crippen LogP contribution in [0.4, 0.5) is 0 Å². The summed E-state index contributed by atoms with van der Waals surface area (Å²) in [6.45, 7) is 13.1. The highest BCUT2D eigenvalue weighted by molar-refractivity contribution is 4.86. The number of nitrogens with one attached hydrogen (secondary N) is 1. The van der Waals surface area contributed by atoms with Gasteiger partial charge in [-0.3, -0.25) is 4.90 Å². The molecule has 0 aromatic heterocycles. The van der Waals surface area contributed by atoms with Gasteiger partial charge in [-0.2, -0.15) is 0 Å². The van der Waals surface area contributed by atoms with Crippen molar-refractivity contribution in [2.75, 3.05) is 19.6 Å². The number of hydrogen-bond acceptors (Lipinski definition) is 2. The van der Waals surface area contributed by atoms with Gasteiger partial charge in [-0.15, -0.1) is 0 Å². The molecule has 1 N–H and O–H groups in total. The number of unbranched alkanes of at least 4 members (excludes halogenated alkanes) is 6. The monoisotopic (exact) mass is 282 g/mol. The minimum Gasteiger partial charge on any atom is -0.311 e. The second-order valence-electron chi connectivity index (χ2n) is 6.88. The maximum Gasteiger partial charge on any atom is 0.0246 e. The van der Waals surface area contributed by atoms with Crippen LogP contribution in [0.15, 0.2) is 0 Å². The average molecular weight is 283 g/mol. The SMILES string of the molecule is CCCCCCCCCN1CC(C)NCC1C(C)CC. The summed E-state index contributed by atoms with van der Waals surface area (Å²) < 4.78 is 0. The first-order valence-corrected chi connectivity index (χ1v) is 9.16. The summed E-state index contributed by atoms with van der Waals surface area (Å²) in [5.41, 5.74) is 0. The van der Waals surface area contributed by atoms with Crippen molar-refractivity contribution in [1.29, 1.82) is 0 Å². The molecule has 1 heterocycles. The highest BCUT2D eigenvalue weighted by Gasteiger charge is 2.28. The molecule has 1 fully saturated rings. The van der Waals surface area contributed by atoms with E-state index in [1.807, 2.05) is 0 Å². The van der Waals surface area contributed by atoms with E-state index in [2.05, 4.69) is 37.9 Å². The van der Waals surface area contributed by atoms with E-state index in [9.17, 15) is 0 Å². The number of nitrogens with zero attached hydrogens (tertiary/aromatic N) is 1. The number of rotatable bonds is 10. The van der Waals surface area contributed by atoms with Gasteiger partial charge in [0.15, 0.2) is 0 Å². The van der Waals surface area contributed by atoms with Gasteiger partial charge < -0.3 is 5.32 Å². The van der Waals surface area contributed by atoms with Crippen molar-refractivity contribution >= 4 is 0 Å². The molecule has 0 aliphatic carbocycles. The van der Waals surface area contributed by atoms with Crippen LogP contribution in [0.25, 0.3) is 0 Å². The largest absolute Gasteiger partial charge is 0.311 e. The van der Waals surface area contributed by atoms with E-state index in [0.29, 0.717) is 6.04 Å². The van der Waals surface area contributed by atoms with Gasteiger partial charge in [-0.05, 0) is 25.8 Å². The average Bonchev–Trinajstić information content (AvgIpc) is 2.45. The van der Waals surface area contributed by atoms with Crippen molar-refractivity contribution in [2.45, 2.75) is 91.1 Å². The lowest BCUT2D eigenvalue weighted by Crippen LogP contribution is -2.57. The van der Waals surface area contributed by atoms with E-state index in [1.165, 1.54) is 71.0 Å². The maximum atomic E-state index is 3.66. The van der Waals surface area contributed by atoms with Crippen LogP contribution in [0.2, 0.25) is 0 Å². The molecular weight excluding hydrogens is 244 g/mol. The molecule has 0 amide bonds. The van der Waals surface area contributed by atoms with Crippen LogP contribution in [0.1, 0.15) is 79.1 Å². The number of hydrogen-bond donors (Lipinski definition) is 1. The van der Waals surface area contributed by atoms with Gasteiger partial charge in [0.05, 0.1) is 0 Å². The predicted octanol–water partition coefficient (Wildman–Crippen LogP) is 4.45. The second-order valence-corrected chi connectivity index (χ2v) is 6.88. The Hall–Kier alpha value is -0.0800. The Kier molecular flexibility index (Phi) is 9.54. The Morgan fingerprint density at radius 3 is 2.35 bits per heavy atom. The summed E-state index contributed by atoms with van der Waals surface area (Å²) in [4.78, 5) is 2.77. The van der Waals surface area contributed by atoms with Crippen molar-refractivity contribution in [2.24, 2.45) is 5.92 Å². The van der Waals surface area contributed by atoms with Gasteiger partial charge in [-0.1, -0.05) is 65.7 Å². The lowest BCUT2D eigenvalue weighted by atomic mass is 9.94. The first-order valence-electron chi connectivity index (χ1n) is 9.16. The molecule has 1 rings (SSSR count). The summed E-state index contributed by atoms with van der Waals surface area (Å²) >= 11 is 0. The molecule has 2 nitrogen and oxygen atoms in total. The Bertz CT molecular complexity index is 229. The van der Waals surface area contributed by atoms with Crippen LogP contribution in [0.5, 0.6) is 0 Å². The van der Waals surface area contributed by atoms with Crippen LogP contribution in [0.3, 0.4) is 0 Å². The molecule has 1 saturated heterocycles. The summed E-state index contributed by atoms with van der Waals surface area (Å²) in [5, 5.41) is 3.66. The van der Waals surface area contributed by atoms with Gasteiger partial charge >= 0.3 is 0 Å². The van der Waals surface area contributed by atoms with E-state index in [-0.39, 0.29) is 0 Å². The quantitative estimate of drug-likeness (QED) is 0.596. The summed E-state index contributed by atoms with van der Waals surface area (Å²) in [6, 6.07) is 1.43. The van der Waals surface area contributed by atoms with Crippen LogP contribution >= 0.6 is 0 Å². The number of piperazine rings is 1. The van der Waals surface area contributed by atoms with Crippen LogP contribution < -0.4 is 5.32 Å². The lowest BCUT2D eigenvalue weighted by molar-refractivity contribution is 0.0936. The van der Waals surface area contributed by atoms with E-state index < -0.39 is 0 Å². The van der Waals surface area contributed by atoms with E-state index >= 15 is 0 Å². The maximum absolute atomic E-state index is 3.66. The van der Waals surface area contributed by atoms with Crippen molar-refractivity contribution < 1.29 is 0 Å². The molecule has 20 heavy (non-hydrogen) atoms. The standard InChI is InChI=1S/C18H38N2/c1-5-7-8-9-10-11-12-13-20-15-17(4)19-14-18(20)16(3)6-2/h16-19H,5-15H2,1-4H3. The Morgan fingerprint density at radius 2 is 1.70 bits per heavy atom. The molecule has 120 valence electrons. The zero-order valence-electron chi connectivity index (χ0n) is 14.5. The summed E-state index contributed by atoms with van der Waals surface area (Å²) in [5.74, 6) is 0.819. The van der Waals surface area contributed by atoms with Crippen LogP contribution in [-0.2, 0) is 0 Å². The predicted molar refractivity (Wildman–Crippen MR) is 90.3 cm³/mol. The van der Waals surface area contributed by atoms with Crippen LogP contribution in [-0.4, -0.2) is 36.6 Å². The van der Waals surface area contributed by atoms with Gasteiger partial charge in [0, 0.05) is 25.2 Å². The summed E-state index contributed by atoms with van der Waals surface area (Å²) in [6.07, 6.45) is 11.2. The van der Waals surface area contributed by atoms with Gasteiger partial charge in [0.25, 0.3) is 0 Å². The Morgan fingerprint density at radius 1 is 1.05 bits per heavy atom. The fourth-order valence-corrected chi connectivity index (χ4v) is 3.36. The van der Waals surface area contributed by atoms with Crippen LogP contribution in [0, 0.1) is 5.92 Å². The molecule has 0 spiro atoms. The van der Waals surface area contributed by atoms with E-state index in [1.54, 1.807) is 0 Å². The minimum atomic E-state index is 0.667. The summed E-state index contributed by atoms with van der Waals surface area (Å²) in [7, 11) is 0. The third-order valence-electron chi connectivity index (χ3n) is 5.00. The molecule has 0 bridgehead atoms. The van der Waals surface area contributed by atoms with Crippen molar-refractivity contribution in [1.82, 2.24) is 10.2 Å². The highest BCUT2D eigenvalue weighted by atomic mass is 15.2. The molecule has 0 saturated carbocycles. The highest BCUT2D eigenvalue weighted by Crippen LogP contribution is 2.19. The molecule has 3 atom stereocenters. The van der Waals surface area contributed by atoms with E-state index in [4.69, 9.17) is 0 Å². The fraction of sp³-hybridized carbons (Fsp3) is 1.00. The molecule has 0 radical (unpaired) electrons. The third kappa shape index (κ3) is 6.58. The second kappa shape index (κ2) is 10.6. The molecule has 2 heteroatoms. The molecule has 1 aliphatic rings. The zero-order valence-corrected chi connectivity index (χ0v) is 14.5. The van der Waals surface area contributed by atoms with Crippen molar-refractivity contribution in [3.05, 3.63) is 0 Å². The fourth-order valence-electron chi connectivity index (χ4n) is 3.36. The third-order valence-corrected chi connectivity index (χ3v) is 5.00.